The van der Waals surface area contributed by atoms with E-state index in [9.17, 15) is 4.79 Å². The van der Waals surface area contributed by atoms with Crippen molar-refractivity contribution >= 4 is 23.0 Å². The third-order valence-electron chi connectivity index (χ3n) is 3.57. The van der Waals surface area contributed by atoms with E-state index in [1.54, 1.807) is 42.6 Å². The molecule has 2 aromatic carbocycles. The van der Waals surface area contributed by atoms with E-state index in [-0.39, 0.29) is 5.91 Å². The van der Waals surface area contributed by atoms with Gasteiger partial charge in [-0.25, -0.2) is 0 Å². The number of anilines is 3. The molecule has 5 heteroatoms. The molecule has 0 aliphatic rings. The van der Waals surface area contributed by atoms with Gasteiger partial charge >= 0.3 is 0 Å². The van der Waals surface area contributed by atoms with Crippen molar-refractivity contribution in [2.75, 3.05) is 10.6 Å². The van der Waals surface area contributed by atoms with Crippen LogP contribution >= 0.6 is 0 Å². The first-order valence-corrected chi connectivity index (χ1v) is 7.75. The molecule has 0 radical (unpaired) electrons. The van der Waals surface area contributed by atoms with Crippen molar-refractivity contribution in [1.29, 1.82) is 5.26 Å². The fraction of sp³-hybridized carbons (Fsp3) is 0.0500. The van der Waals surface area contributed by atoms with Gasteiger partial charge in [0, 0.05) is 23.3 Å². The van der Waals surface area contributed by atoms with Crippen molar-refractivity contribution in [3.05, 3.63) is 83.7 Å². The lowest BCUT2D eigenvalue weighted by Crippen LogP contribution is -2.13. The molecule has 5 nitrogen and oxygen atoms in total. The van der Waals surface area contributed by atoms with Crippen molar-refractivity contribution in [3.8, 4) is 6.07 Å². The molecule has 1 amide bonds. The third kappa shape index (κ3) is 4.21. The second-order valence-electron chi connectivity index (χ2n) is 5.57. The number of carbonyl (C=O) groups excluding carboxylic acids is 1. The summed E-state index contributed by atoms with van der Waals surface area (Å²) in [4.78, 5) is 16.5. The molecule has 3 rings (SSSR count). The normalized spacial score (nSPS) is 9.92. The van der Waals surface area contributed by atoms with Crippen molar-refractivity contribution in [2.24, 2.45) is 0 Å². The molecule has 0 unspecified atom stereocenters. The average Bonchev–Trinajstić information content (AvgIpc) is 2.62. The van der Waals surface area contributed by atoms with Gasteiger partial charge in [-0.3, -0.25) is 9.78 Å². The summed E-state index contributed by atoms with van der Waals surface area (Å²) in [5, 5.41) is 14.8. The SMILES string of the molecule is Cc1cccc(Nc2ccnc(C(=O)Nc3ccc(C#N)cc3)c2)c1. The summed E-state index contributed by atoms with van der Waals surface area (Å²) >= 11 is 0. The number of amides is 1. The molecule has 1 aromatic heterocycles. The molecule has 0 bridgehead atoms. The number of nitrogens with one attached hydrogen (secondary N) is 2. The maximum atomic E-state index is 12.4. The fourth-order valence-electron chi connectivity index (χ4n) is 2.35. The lowest BCUT2D eigenvalue weighted by Gasteiger charge is -2.09. The van der Waals surface area contributed by atoms with Crippen molar-refractivity contribution in [3.63, 3.8) is 0 Å². The third-order valence-corrected chi connectivity index (χ3v) is 3.57. The van der Waals surface area contributed by atoms with Crippen LogP contribution in [0.2, 0.25) is 0 Å². The largest absolute Gasteiger partial charge is 0.355 e. The molecule has 1 heterocycles. The van der Waals surface area contributed by atoms with E-state index in [0.29, 0.717) is 16.9 Å². The number of rotatable bonds is 4. The summed E-state index contributed by atoms with van der Waals surface area (Å²) in [5.74, 6) is -0.308. The van der Waals surface area contributed by atoms with Crippen LogP contribution in [0.1, 0.15) is 21.6 Å². The number of nitriles is 1. The Balaban J connectivity index is 1.73. The van der Waals surface area contributed by atoms with E-state index >= 15 is 0 Å². The van der Waals surface area contributed by atoms with Crippen LogP contribution in [-0.4, -0.2) is 10.9 Å². The van der Waals surface area contributed by atoms with Gasteiger partial charge in [0.15, 0.2) is 0 Å². The summed E-state index contributed by atoms with van der Waals surface area (Å²) in [6.45, 7) is 2.02. The van der Waals surface area contributed by atoms with Gasteiger partial charge in [0.1, 0.15) is 5.69 Å². The number of hydrogen-bond donors (Lipinski definition) is 2. The number of nitrogens with zero attached hydrogens (tertiary/aromatic N) is 2. The van der Waals surface area contributed by atoms with Crippen LogP contribution in [0, 0.1) is 18.3 Å². The van der Waals surface area contributed by atoms with Crippen LogP contribution in [-0.2, 0) is 0 Å². The van der Waals surface area contributed by atoms with E-state index in [4.69, 9.17) is 5.26 Å². The number of aryl methyl sites for hydroxylation is 1. The van der Waals surface area contributed by atoms with Gasteiger partial charge in [0.2, 0.25) is 0 Å². The Kier molecular flexibility index (Phi) is 4.72. The van der Waals surface area contributed by atoms with Gasteiger partial charge in [-0.2, -0.15) is 5.26 Å². The highest BCUT2D eigenvalue weighted by atomic mass is 16.1. The number of carbonyl (C=O) groups is 1. The van der Waals surface area contributed by atoms with Gasteiger partial charge in [0.05, 0.1) is 11.6 Å². The highest BCUT2D eigenvalue weighted by Gasteiger charge is 2.09. The molecule has 25 heavy (non-hydrogen) atoms. The number of hydrogen-bond acceptors (Lipinski definition) is 4. The Bertz CT molecular complexity index is 942. The zero-order valence-electron chi connectivity index (χ0n) is 13.7. The van der Waals surface area contributed by atoms with Gasteiger partial charge in [-0.15, -0.1) is 0 Å². The molecule has 0 aliphatic carbocycles. The number of benzene rings is 2. The molecule has 3 aromatic rings. The molecule has 2 N–H and O–H groups in total. The van der Waals surface area contributed by atoms with Gasteiger partial charge in [-0.1, -0.05) is 12.1 Å². The molecule has 0 atom stereocenters. The smallest absolute Gasteiger partial charge is 0.274 e. The van der Waals surface area contributed by atoms with Crippen LogP contribution in [0.3, 0.4) is 0 Å². The van der Waals surface area contributed by atoms with Crippen LogP contribution in [0.15, 0.2) is 66.9 Å². The Morgan fingerprint density at radius 3 is 2.48 bits per heavy atom. The van der Waals surface area contributed by atoms with Gasteiger partial charge in [0.25, 0.3) is 5.91 Å². The van der Waals surface area contributed by atoms with E-state index in [0.717, 1.165) is 16.9 Å². The molecular weight excluding hydrogens is 312 g/mol. The second kappa shape index (κ2) is 7.28. The number of pyridine rings is 1. The van der Waals surface area contributed by atoms with Crippen LogP contribution in [0.25, 0.3) is 0 Å². The lowest BCUT2D eigenvalue weighted by molar-refractivity contribution is 0.102. The van der Waals surface area contributed by atoms with Crippen molar-refractivity contribution in [1.82, 2.24) is 4.98 Å². The zero-order chi connectivity index (χ0) is 17.6. The minimum atomic E-state index is -0.308. The molecule has 0 spiro atoms. The molecule has 0 fully saturated rings. The van der Waals surface area contributed by atoms with Crippen LogP contribution < -0.4 is 10.6 Å². The maximum Gasteiger partial charge on any atom is 0.274 e. The first kappa shape index (κ1) is 16.2. The summed E-state index contributed by atoms with van der Waals surface area (Å²) < 4.78 is 0. The van der Waals surface area contributed by atoms with Crippen LogP contribution in [0.4, 0.5) is 17.1 Å². The number of aromatic nitrogens is 1. The summed E-state index contributed by atoms with van der Waals surface area (Å²) in [5.41, 5.74) is 4.35. The average molecular weight is 328 g/mol. The topological polar surface area (TPSA) is 77.8 Å². The minimum Gasteiger partial charge on any atom is -0.355 e. The highest BCUT2D eigenvalue weighted by Crippen LogP contribution is 2.18. The fourth-order valence-corrected chi connectivity index (χ4v) is 2.35. The molecule has 0 saturated carbocycles. The van der Waals surface area contributed by atoms with E-state index in [1.165, 1.54) is 0 Å². The van der Waals surface area contributed by atoms with Crippen molar-refractivity contribution in [2.45, 2.75) is 6.92 Å². The lowest BCUT2D eigenvalue weighted by atomic mass is 10.2. The van der Waals surface area contributed by atoms with Gasteiger partial charge < -0.3 is 10.6 Å². The molecular formula is C20H16N4O. The Labute approximate surface area is 146 Å². The summed E-state index contributed by atoms with van der Waals surface area (Å²) in [6.07, 6.45) is 1.59. The predicted molar refractivity (Wildman–Crippen MR) is 97.8 cm³/mol. The Morgan fingerprint density at radius 1 is 1.00 bits per heavy atom. The first-order chi connectivity index (χ1) is 12.1. The van der Waals surface area contributed by atoms with E-state index in [1.807, 2.05) is 37.3 Å². The highest BCUT2D eigenvalue weighted by molar-refractivity contribution is 6.03. The predicted octanol–water partition coefficient (Wildman–Crippen LogP) is 4.26. The summed E-state index contributed by atoms with van der Waals surface area (Å²) in [7, 11) is 0. The first-order valence-electron chi connectivity index (χ1n) is 7.75. The zero-order valence-corrected chi connectivity index (χ0v) is 13.7. The summed E-state index contributed by atoms with van der Waals surface area (Å²) in [6, 6.07) is 20.2. The molecule has 0 aliphatic heterocycles. The Morgan fingerprint density at radius 2 is 1.76 bits per heavy atom. The Hall–Kier alpha value is -3.65. The standard InChI is InChI=1S/C20H16N4O/c1-14-3-2-4-17(11-14)23-18-9-10-22-19(12-18)20(25)24-16-7-5-15(13-21)6-8-16/h2-12H,1H3,(H,22,23)(H,24,25). The van der Waals surface area contributed by atoms with Crippen molar-refractivity contribution < 1.29 is 4.79 Å². The quantitative estimate of drug-likeness (QED) is 0.750. The minimum absolute atomic E-state index is 0.307. The monoisotopic (exact) mass is 328 g/mol. The second-order valence-corrected chi connectivity index (χ2v) is 5.57. The van der Waals surface area contributed by atoms with E-state index < -0.39 is 0 Å². The van der Waals surface area contributed by atoms with Gasteiger partial charge in [-0.05, 0) is 61.0 Å². The van der Waals surface area contributed by atoms with Crippen LogP contribution in [0.5, 0.6) is 0 Å². The molecule has 0 saturated heterocycles. The molecule has 122 valence electrons. The maximum absolute atomic E-state index is 12.4. The van der Waals surface area contributed by atoms with E-state index in [2.05, 4.69) is 15.6 Å².